The summed E-state index contributed by atoms with van der Waals surface area (Å²) in [6, 6.07) is 1.64. The van der Waals surface area contributed by atoms with Crippen LogP contribution in [0.25, 0.3) is 0 Å². The number of anilines is 1. The Morgan fingerprint density at radius 3 is 3.14 bits per heavy atom. The Kier molecular flexibility index (Phi) is 5.90. The normalized spacial score (nSPS) is 19.7. The van der Waals surface area contributed by atoms with Crippen molar-refractivity contribution in [2.24, 2.45) is 10.7 Å². The van der Waals surface area contributed by atoms with E-state index >= 15 is 0 Å². The summed E-state index contributed by atoms with van der Waals surface area (Å²) in [5.74, 6) is 1.14. The summed E-state index contributed by atoms with van der Waals surface area (Å²) < 4.78 is 5.47. The van der Waals surface area contributed by atoms with Gasteiger partial charge < -0.3 is 20.7 Å². The number of guanidine groups is 1. The molecule has 0 bridgehead atoms. The molecule has 1 aliphatic rings. The van der Waals surface area contributed by atoms with Crippen LogP contribution < -0.4 is 11.1 Å². The van der Waals surface area contributed by atoms with Crippen molar-refractivity contribution in [1.29, 1.82) is 0 Å². The number of morpholine rings is 1. The molecule has 1 aromatic rings. The van der Waals surface area contributed by atoms with E-state index < -0.39 is 0 Å². The van der Waals surface area contributed by atoms with Crippen LogP contribution in [0.5, 0.6) is 0 Å². The summed E-state index contributed by atoms with van der Waals surface area (Å²) in [5.41, 5.74) is 5.97. The Hall–Kier alpha value is -1.24. The molecule has 0 radical (unpaired) electrons. The molecule has 0 aromatic carbocycles. The van der Waals surface area contributed by atoms with E-state index in [2.05, 4.69) is 15.3 Å². The third kappa shape index (κ3) is 4.91. The minimum absolute atomic E-state index is 0.183. The number of nitrogens with zero attached hydrogens (tertiary/aromatic N) is 3. The van der Waals surface area contributed by atoms with E-state index in [0.717, 1.165) is 13.1 Å². The van der Waals surface area contributed by atoms with Crippen LogP contribution in [-0.2, 0) is 4.74 Å². The number of nitrogens with two attached hydrogens (primary N) is 1. The van der Waals surface area contributed by atoms with Crippen molar-refractivity contribution in [3.05, 3.63) is 22.3 Å². The number of hydrogen-bond donors (Lipinski definition) is 2. The molecule has 0 spiro atoms. The van der Waals surface area contributed by atoms with Crippen molar-refractivity contribution in [3.8, 4) is 0 Å². The first-order valence-corrected chi connectivity index (χ1v) is 7.53. The lowest BCUT2D eigenvalue weighted by atomic mass is 10.3. The molecule has 0 aliphatic carbocycles. The van der Waals surface area contributed by atoms with E-state index in [-0.39, 0.29) is 6.10 Å². The van der Waals surface area contributed by atoms with Gasteiger partial charge in [0.25, 0.3) is 0 Å². The highest BCUT2D eigenvalue weighted by Crippen LogP contribution is 2.22. The molecule has 1 aromatic heterocycles. The molecule has 1 aliphatic heterocycles. The molecule has 1 fully saturated rings. The summed E-state index contributed by atoms with van der Waals surface area (Å²) in [4.78, 5) is 10.5. The Bertz CT molecular complexity index is 511. The Morgan fingerprint density at radius 1 is 1.62 bits per heavy atom. The minimum Gasteiger partial charge on any atom is -0.375 e. The Labute approximate surface area is 134 Å². The highest BCUT2D eigenvalue weighted by atomic mass is 35.5. The standard InChI is InChI=1S/C13H19Cl2N5O/c1-9-8-20(4-5-21-9)13(16)18-3-2-17-12-11(15)6-10(14)7-19-12/h6-7,9H,2-5,8H2,1H3,(H2,16,18)(H,17,19). The van der Waals surface area contributed by atoms with E-state index in [4.69, 9.17) is 33.7 Å². The fourth-order valence-corrected chi connectivity index (χ4v) is 2.46. The second-order valence-electron chi connectivity index (χ2n) is 4.78. The Morgan fingerprint density at radius 2 is 2.43 bits per heavy atom. The number of aliphatic imine (C=N–C) groups is 1. The largest absolute Gasteiger partial charge is 0.375 e. The molecule has 1 saturated heterocycles. The van der Waals surface area contributed by atoms with E-state index in [0.29, 0.717) is 41.5 Å². The smallest absolute Gasteiger partial charge is 0.191 e. The zero-order valence-electron chi connectivity index (χ0n) is 11.9. The predicted octanol–water partition coefficient (Wildman–Crippen LogP) is 1.84. The number of halogens is 2. The highest BCUT2D eigenvalue weighted by molar-refractivity contribution is 6.35. The number of rotatable bonds is 4. The molecule has 21 heavy (non-hydrogen) atoms. The van der Waals surface area contributed by atoms with Gasteiger partial charge in [-0.25, -0.2) is 4.98 Å². The quantitative estimate of drug-likeness (QED) is 0.500. The lowest BCUT2D eigenvalue weighted by Crippen LogP contribution is -2.48. The molecular weight excluding hydrogens is 313 g/mol. The first-order valence-electron chi connectivity index (χ1n) is 6.77. The zero-order chi connectivity index (χ0) is 15.2. The van der Waals surface area contributed by atoms with Crippen molar-refractivity contribution in [3.63, 3.8) is 0 Å². The van der Waals surface area contributed by atoms with Crippen LogP contribution in [0.2, 0.25) is 10.0 Å². The third-order valence-electron chi connectivity index (χ3n) is 3.05. The number of pyridine rings is 1. The average Bonchev–Trinajstić information content (AvgIpc) is 2.45. The molecule has 116 valence electrons. The Balaban J connectivity index is 1.79. The molecular formula is C13H19Cl2N5O. The number of ether oxygens (including phenoxy) is 1. The third-order valence-corrected chi connectivity index (χ3v) is 3.55. The summed E-state index contributed by atoms with van der Waals surface area (Å²) >= 11 is 11.8. The van der Waals surface area contributed by atoms with Crippen molar-refractivity contribution >= 4 is 35.0 Å². The summed E-state index contributed by atoms with van der Waals surface area (Å²) in [6.07, 6.45) is 1.73. The minimum atomic E-state index is 0.183. The van der Waals surface area contributed by atoms with Crippen LogP contribution >= 0.6 is 23.2 Å². The van der Waals surface area contributed by atoms with Gasteiger partial charge in [-0.05, 0) is 13.0 Å². The van der Waals surface area contributed by atoms with Crippen molar-refractivity contribution in [2.45, 2.75) is 13.0 Å². The topological polar surface area (TPSA) is 75.8 Å². The van der Waals surface area contributed by atoms with E-state index in [9.17, 15) is 0 Å². The lowest BCUT2D eigenvalue weighted by Gasteiger charge is -2.31. The van der Waals surface area contributed by atoms with Gasteiger partial charge in [0.15, 0.2) is 5.96 Å². The molecule has 3 N–H and O–H groups in total. The number of nitrogens with one attached hydrogen (secondary N) is 1. The monoisotopic (exact) mass is 331 g/mol. The van der Waals surface area contributed by atoms with Crippen LogP contribution in [0.15, 0.2) is 17.3 Å². The first kappa shape index (κ1) is 16.1. The van der Waals surface area contributed by atoms with Crippen molar-refractivity contribution < 1.29 is 4.74 Å². The van der Waals surface area contributed by atoms with Crippen LogP contribution in [0.1, 0.15) is 6.92 Å². The van der Waals surface area contributed by atoms with E-state index in [1.807, 2.05) is 11.8 Å². The van der Waals surface area contributed by atoms with Gasteiger partial charge in [0.05, 0.1) is 29.3 Å². The number of hydrogen-bond acceptors (Lipinski definition) is 4. The summed E-state index contributed by atoms with van der Waals surface area (Å²) in [5, 5.41) is 4.10. The second-order valence-corrected chi connectivity index (χ2v) is 5.62. The van der Waals surface area contributed by atoms with Gasteiger partial charge in [0.2, 0.25) is 0 Å². The second kappa shape index (κ2) is 7.68. The maximum absolute atomic E-state index is 6.02. The molecule has 1 unspecified atom stereocenters. The predicted molar refractivity (Wildman–Crippen MR) is 86.2 cm³/mol. The summed E-state index contributed by atoms with van der Waals surface area (Å²) in [6.45, 7) is 5.38. The SMILES string of the molecule is CC1CN(C(N)=NCCNc2ncc(Cl)cc2Cl)CCO1. The van der Waals surface area contributed by atoms with Gasteiger partial charge in [-0.3, -0.25) is 4.99 Å². The van der Waals surface area contributed by atoms with Gasteiger partial charge in [0, 0.05) is 25.8 Å². The fraction of sp³-hybridized carbons (Fsp3) is 0.538. The fourth-order valence-electron chi connectivity index (χ4n) is 2.02. The maximum atomic E-state index is 6.02. The maximum Gasteiger partial charge on any atom is 0.191 e. The molecule has 0 saturated carbocycles. The molecule has 8 heteroatoms. The van der Waals surface area contributed by atoms with Crippen molar-refractivity contribution in [2.75, 3.05) is 38.1 Å². The zero-order valence-corrected chi connectivity index (χ0v) is 13.4. The summed E-state index contributed by atoms with van der Waals surface area (Å²) in [7, 11) is 0. The lowest BCUT2D eigenvalue weighted by molar-refractivity contribution is 0.00531. The molecule has 2 heterocycles. The van der Waals surface area contributed by atoms with Gasteiger partial charge in [-0.1, -0.05) is 23.2 Å². The van der Waals surface area contributed by atoms with Crippen LogP contribution in [0, 0.1) is 0 Å². The van der Waals surface area contributed by atoms with Crippen molar-refractivity contribution in [1.82, 2.24) is 9.88 Å². The van der Waals surface area contributed by atoms with Crippen LogP contribution in [-0.4, -0.2) is 54.7 Å². The van der Waals surface area contributed by atoms with Gasteiger partial charge in [0.1, 0.15) is 5.82 Å². The number of aromatic nitrogens is 1. The molecule has 2 rings (SSSR count). The van der Waals surface area contributed by atoms with Crippen LogP contribution in [0.4, 0.5) is 5.82 Å². The molecule has 6 nitrogen and oxygen atoms in total. The molecule has 1 atom stereocenters. The van der Waals surface area contributed by atoms with Gasteiger partial charge >= 0.3 is 0 Å². The van der Waals surface area contributed by atoms with Gasteiger partial charge in [-0.15, -0.1) is 0 Å². The van der Waals surface area contributed by atoms with E-state index in [1.54, 1.807) is 12.3 Å². The molecule has 0 amide bonds. The van der Waals surface area contributed by atoms with E-state index in [1.165, 1.54) is 0 Å². The van der Waals surface area contributed by atoms with Gasteiger partial charge in [-0.2, -0.15) is 0 Å². The van der Waals surface area contributed by atoms with Crippen LogP contribution in [0.3, 0.4) is 0 Å². The average molecular weight is 332 g/mol. The first-order chi connectivity index (χ1) is 10.1. The highest BCUT2D eigenvalue weighted by Gasteiger charge is 2.17.